The van der Waals surface area contributed by atoms with Crippen molar-refractivity contribution >= 4 is 17.7 Å². The highest BCUT2D eigenvalue weighted by atomic mass is 32.2. The Morgan fingerprint density at radius 3 is 2.36 bits per heavy atom. The van der Waals surface area contributed by atoms with Crippen LogP contribution >= 0.6 is 11.8 Å². The lowest BCUT2D eigenvalue weighted by Crippen LogP contribution is -2.23. The first-order chi connectivity index (χ1) is 12.3. The third-order valence-electron chi connectivity index (χ3n) is 4.52. The molecule has 0 saturated carbocycles. The van der Waals surface area contributed by atoms with E-state index in [-0.39, 0.29) is 5.91 Å². The van der Waals surface area contributed by atoms with Gasteiger partial charge in [-0.1, -0.05) is 54.6 Å². The van der Waals surface area contributed by atoms with Gasteiger partial charge >= 0.3 is 0 Å². The van der Waals surface area contributed by atoms with Crippen LogP contribution in [-0.4, -0.2) is 16.9 Å². The van der Waals surface area contributed by atoms with E-state index >= 15 is 0 Å². The summed E-state index contributed by atoms with van der Waals surface area (Å²) < 4.78 is 0. The zero-order valence-electron chi connectivity index (χ0n) is 14.2. The predicted molar refractivity (Wildman–Crippen MR) is 103 cm³/mol. The van der Waals surface area contributed by atoms with Crippen LogP contribution in [0.2, 0.25) is 0 Å². The molecule has 25 heavy (non-hydrogen) atoms. The maximum atomic E-state index is 11.8. The molecule has 4 heteroatoms. The van der Waals surface area contributed by atoms with Crippen LogP contribution in [0.15, 0.2) is 65.1 Å². The normalized spacial score (nSPS) is 14.4. The molecule has 0 fully saturated rings. The third-order valence-corrected chi connectivity index (χ3v) is 5.73. The summed E-state index contributed by atoms with van der Waals surface area (Å²) in [6.07, 6.45) is 4.82. The molecule has 2 N–H and O–H groups in total. The monoisotopic (exact) mass is 353 g/mol. The molecule has 0 aromatic heterocycles. The summed E-state index contributed by atoms with van der Waals surface area (Å²) in [7, 11) is 0. The van der Waals surface area contributed by atoms with Gasteiger partial charge in [-0.3, -0.25) is 10.0 Å². The molecule has 0 spiro atoms. The van der Waals surface area contributed by atoms with E-state index in [1.54, 1.807) is 17.2 Å². The SMILES string of the molecule is O=C(NO)C1=C(SCCc2ccc(-c3ccccc3)cc2)CCCC1. The van der Waals surface area contributed by atoms with Gasteiger partial charge in [-0.05, 0) is 53.7 Å². The van der Waals surface area contributed by atoms with Crippen LogP contribution < -0.4 is 5.48 Å². The number of nitrogens with one attached hydrogen (secondary N) is 1. The lowest BCUT2D eigenvalue weighted by atomic mass is 9.99. The Bertz CT molecular complexity index is 738. The molecule has 3 nitrogen and oxygen atoms in total. The summed E-state index contributed by atoms with van der Waals surface area (Å²) >= 11 is 1.75. The molecule has 3 rings (SSSR count). The van der Waals surface area contributed by atoms with Gasteiger partial charge in [0.2, 0.25) is 0 Å². The molecular weight excluding hydrogens is 330 g/mol. The average molecular weight is 353 g/mol. The van der Waals surface area contributed by atoms with Crippen molar-refractivity contribution in [3.05, 3.63) is 70.6 Å². The van der Waals surface area contributed by atoms with Crippen molar-refractivity contribution in [2.75, 3.05) is 5.75 Å². The van der Waals surface area contributed by atoms with Gasteiger partial charge in [-0.25, -0.2) is 5.48 Å². The number of carbonyl (C=O) groups is 1. The highest BCUT2D eigenvalue weighted by molar-refractivity contribution is 8.03. The molecule has 1 aliphatic rings. The summed E-state index contributed by atoms with van der Waals surface area (Å²) in [6.45, 7) is 0. The molecule has 1 aliphatic carbocycles. The van der Waals surface area contributed by atoms with E-state index < -0.39 is 0 Å². The highest BCUT2D eigenvalue weighted by Gasteiger charge is 2.18. The standard InChI is InChI=1S/C21H23NO2S/c23-21(22-24)19-8-4-5-9-20(19)25-15-14-16-10-12-18(13-11-16)17-6-2-1-3-7-17/h1-3,6-7,10-13,24H,4-5,8-9,14-15H2,(H,22,23). The Morgan fingerprint density at radius 1 is 0.960 bits per heavy atom. The van der Waals surface area contributed by atoms with Crippen molar-refractivity contribution in [2.24, 2.45) is 0 Å². The van der Waals surface area contributed by atoms with Crippen LogP contribution in [0.25, 0.3) is 11.1 Å². The second-order valence-electron chi connectivity index (χ2n) is 6.21. The summed E-state index contributed by atoms with van der Waals surface area (Å²) in [4.78, 5) is 12.9. The smallest absolute Gasteiger partial charge is 0.271 e. The minimum Gasteiger partial charge on any atom is -0.288 e. The molecule has 2 aromatic carbocycles. The van der Waals surface area contributed by atoms with E-state index in [1.165, 1.54) is 16.7 Å². The Labute approximate surface area is 153 Å². The predicted octanol–water partition coefficient (Wildman–Crippen LogP) is 4.96. The number of aryl methyl sites for hydroxylation is 1. The molecule has 0 radical (unpaired) electrons. The topological polar surface area (TPSA) is 49.3 Å². The molecule has 0 saturated heterocycles. The van der Waals surface area contributed by atoms with E-state index in [4.69, 9.17) is 5.21 Å². The van der Waals surface area contributed by atoms with Crippen LogP contribution in [0.1, 0.15) is 31.2 Å². The molecular formula is C21H23NO2S. The van der Waals surface area contributed by atoms with Crippen LogP contribution in [0.5, 0.6) is 0 Å². The van der Waals surface area contributed by atoms with Crippen molar-refractivity contribution < 1.29 is 10.0 Å². The van der Waals surface area contributed by atoms with Crippen LogP contribution in [0.4, 0.5) is 0 Å². The first kappa shape index (κ1) is 17.8. The molecule has 0 unspecified atom stereocenters. The van der Waals surface area contributed by atoms with Crippen LogP contribution in [-0.2, 0) is 11.2 Å². The number of carbonyl (C=O) groups excluding carboxylic acids is 1. The van der Waals surface area contributed by atoms with E-state index in [0.717, 1.165) is 48.3 Å². The second-order valence-corrected chi connectivity index (χ2v) is 7.40. The van der Waals surface area contributed by atoms with Crippen molar-refractivity contribution in [1.29, 1.82) is 0 Å². The number of hydrogen-bond acceptors (Lipinski definition) is 3. The fourth-order valence-corrected chi connectivity index (χ4v) is 4.37. The van der Waals surface area contributed by atoms with E-state index in [9.17, 15) is 4.79 Å². The number of allylic oxidation sites excluding steroid dienone is 1. The number of rotatable bonds is 6. The Kier molecular flexibility index (Phi) is 6.31. The lowest BCUT2D eigenvalue weighted by Gasteiger charge is -2.18. The lowest BCUT2D eigenvalue weighted by molar-refractivity contribution is -0.125. The number of thioether (sulfide) groups is 1. The maximum Gasteiger partial charge on any atom is 0.271 e. The van der Waals surface area contributed by atoms with Gasteiger partial charge in [0.15, 0.2) is 0 Å². The zero-order valence-corrected chi connectivity index (χ0v) is 15.0. The van der Waals surface area contributed by atoms with Gasteiger partial charge < -0.3 is 0 Å². The van der Waals surface area contributed by atoms with Crippen LogP contribution in [0, 0.1) is 0 Å². The van der Waals surface area contributed by atoms with Gasteiger partial charge in [0, 0.05) is 11.3 Å². The first-order valence-corrected chi connectivity index (χ1v) is 9.70. The van der Waals surface area contributed by atoms with Crippen LogP contribution in [0.3, 0.4) is 0 Å². The van der Waals surface area contributed by atoms with Crippen molar-refractivity contribution in [1.82, 2.24) is 5.48 Å². The van der Waals surface area contributed by atoms with E-state index in [0.29, 0.717) is 0 Å². The largest absolute Gasteiger partial charge is 0.288 e. The van der Waals surface area contributed by atoms with Gasteiger partial charge in [0.25, 0.3) is 5.91 Å². The van der Waals surface area contributed by atoms with Gasteiger partial charge in [-0.15, -0.1) is 11.8 Å². The summed E-state index contributed by atoms with van der Waals surface area (Å²) in [6, 6.07) is 19.1. The molecule has 0 bridgehead atoms. The van der Waals surface area contributed by atoms with Crippen molar-refractivity contribution in [2.45, 2.75) is 32.1 Å². The molecule has 1 amide bonds. The third kappa shape index (κ3) is 4.74. The van der Waals surface area contributed by atoms with Crippen molar-refractivity contribution in [3.8, 4) is 11.1 Å². The van der Waals surface area contributed by atoms with E-state index in [2.05, 4.69) is 48.5 Å². The minimum absolute atomic E-state index is 0.339. The average Bonchev–Trinajstić information content (AvgIpc) is 2.69. The Balaban J connectivity index is 1.58. The molecule has 0 aliphatic heterocycles. The molecule has 2 aromatic rings. The summed E-state index contributed by atoms with van der Waals surface area (Å²) in [5.74, 6) is 0.608. The fourth-order valence-electron chi connectivity index (χ4n) is 3.13. The summed E-state index contributed by atoms with van der Waals surface area (Å²) in [5, 5.41) is 8.89. The second kappa shape index (κ2) is 8.88. The highest BCUT2D eigenvalue weighted by Crippen LogP contribution is 2.33. The maximum absolute atomic E-state index is 11.8. The van der Waals surface area contributed by atoms with Gasteiger partial charge in [-0.2, -0.15) is 0 Å². The fraction of sp³-hybridized carbons (Fsp3) is 0.286. The first-order valence-electron chi connectivity index (χ1n) is 8.71. The Morgan fingerprint density at radius 2 is 1.64 bits per heavy atom. The van der Waals surface area contributed by atoms with Gasteiger partial charge in [0.1, 0.15) is 0 Å². The molecule has 0 atom stereocenters. The minimum atomic E-state index is -0.339. The quantitative estimate of drug-likeness (QED) is 0.570. The van der Waals surface area contributed by atoms with Gasteiger partial charge in [0.05, 0.1) is 0 Å². The summed E-state index contributed by atoms with van der Waals surface area (Å²) in [5.41, 5.74) is 6.31. The van der Waals surface area contributed by atoms with Crippen molar-refractivity contribution in [3.63, 3.8) is 0 Å². The number of hydroxylamine groups is 1. The number of hydrogen-bond donors (Lipinski definition) is 2. The van der Waals surface area contributed by atoms with E-state index in [1.807, 2.05) is 6.07 Å². The zero-order chi connectivity index (χ0) is 17.5. The molecule has 130 valence electrons. The molecule has 0 heterocycles. The Hall–Kier alpha value is -2.04. The number of benzene rings is 2. The number of amides is 1.